The van der Waals surface area contributed by atoms with Crippen molar-refractivity contribution in [3.8, 4) is 11.5 Å². The van der Waals surface area contributed by atoms with Gasteiger partial charge in [0.25, 0.3) is 0 Å². The van der Waals surface area contributed by atoms with Crippen LogP contribution in [0, 0.1) is 0 Å². The minimum absolute atomic E-state index is 0.296. The van der Waals surface area contributed by atoms with Crippen LogP contribution in [0.15, 0.2) is 18.2 Å². The van der Waals surface area contributed by atoms with Crippen molar-refractivity contribution < 1.29 is 9.47 Å². The molecule has 1 saturated heterocycles. The van der Waals surface area contributed by atoms with E-state index in [1.165, 1.54) is 32.1 Å². The van der Waals surface area contributed by atoms with Gasteiger partial charge in [-0.15, -0.1) is 0 Å². The molecule has 0 bridgehead atoms. The van der Waals surface area contributed by atoms with Crippen LogP contribution in [0.4, 0.5) is 5.69 Å². The maximum absolute atomic E-state index is 5.57. The average molecular weight is 290 g/mol. The van der Waals surface area contributed by atoms with Crippen molar-refractivity contribution >= 4 is 5.69 Å². The van der Waals surface area contributed by atoms with E-state index >= 15 is 0 Å². The molecule has 1 aromatic carbocycles. The number of nitrogens with zero attached hydrogens (tertiary/aromatic N) is 1. The lowest BCUT2D eigenvalue weighted by atomic mass is 9.97. The number of benzene rings is 1. The van der Waals surface area contributed by atoms with Gasteiger partial charge in [-0.3, -0.25) is 0 Å². The van der Waals surface area contributed by atoms with Gasteiger partial charge in [0.15, 0.2) is 0 Å². The van der Waals surface area contributed by atoms with Crippen LogP contribution in [-0.2, 0) is 0 Å². The molecule has 0 unspecified atom stereocenters. The molecule has 0 amide bonds. The molecule has 116 valence electrons. The maximum atomic E-state index is 5.57. The third-order valence-electron chi connectivity index (χ3n) is 4.89. The van der Waals surface area contributed by atoms with E-state index in [0.29, 0.717) is 5.54 Å². The quantitative estimate of drug-likeness (QED) is 0.928. The van der Waals surface area contributed by atoms with Crippen molar-refractivity contribution in [2.75, 3.05) is 38.8 Å². The van der Waals surface area contributed by atoms with Crippen LogP contribution in [0.2, 0.25) is 0 Å². The molecule has 1 heterocycles. The minimum Gasteiger partial charge on any atom is -0.497 e. The highest BCUT2D eigenvalue weighted by molar-refractivity contribution is 5.62. The van der Waals surface area contributed by atoms with Crippen LogP contribution in [0.25, 0.3) is 0 Å². The maximum Gasteiger partial charge on any atom is 0.142 e. The Balaban J connectivity index is 1.90. The number of rotatable bonds is 3. The van der Waals surface area contributed by atoms with Crippen molar-refractivity contribution in [3.63, 3.8) is 0 Å². The Kier molecular flexibility index (Phi) is 4.24. The number of nitrogens with one attached hydrogen (secondary N) is 1. The zero-order chi connectivity index (χ0) is 14.7. The number of anilines is 1. The van der Waals surface area contributed by atoms with Gasteiger partial charge in [0.2, 0.25) is 0 Å². The molecule has 4 nitrogen and oxygen atoms in total. The summed E-state index contributed by atoms with van der Waals surface area (Å²) >= 11 is 0. The van der Waals surface area contributed by atoms with Crippen molar-refractivity contribution in [3.05, 3.63) is 18.2 Å². The van der Waals surface area contributed by atoms with Gasteiger partial charge in [-0.25, -0.2) is 0 Å². The first-order chi connectivity index (χ1) is 10.3. The van der Waals surface area contributed by atoms with Crippen LogP contribution >= 0.6 is 0 Å². The summed E-state index contributed by atoms with van der Waals surface area (Å²) in [6.45, 7) is 3.25. The van der Waals surface area contributed by atoms with Gasteiger partial charge in [0, 0.05) is 24.7 Å². The monoisotopic (exact) mass is 290 g/mol. The highest BCUT2D eigenvalue weighted by Gasteiger charge is 2.37. The summed E-state index contributed by atoms with van der Waals surface area (Å²) in [4.78, 5) is 2.48. The van der Waals surface area contributed by atoms with E-state index in [9.17, 15) is 0 Å². The molecule has 1 spiro atoms. The molecule has 21 heavy (non-hydrogen) atoms. The Morgan fingerprint density at radius 2 is 1.90 bits per heavy atom. The highest BCUT2D eigenvalue weighted by Crippen LogP contribution is 2.37. The number of hydrogen-bond donors (Lipinski definition) is 1. The molecule has 2 fully saturated rings. The lowest BCUT2D eigenvalue weighted by Gasteiger charge is -2.35. The fourth-order valence-electron chi connectivity index (χ4n) is 3.76. The van der Waals surface area contributed by atoms with Gasteiger partial charge >= 0.3 is 0 Å². The SMILES string of the molecule is COc1ccc(OC)c(N2CCCNC3(CCCC3)C2)c1. The lowest BCUT2D eigenvalue weighted by Crippen LogP contribution is -2.49. The number of ether oxygens (including phenoxy) is 2. The Hall–Kier alpha value is -1.42. The normalized spacial score (nSPS) is 21.3. The topological polar surface area (TPSA) is 33.7 Å². The van der Waals surface area contributed by atoms with Crippen LogP contribution in [-0.4, -0.2) is 39.4 Å². The van der Waals surface area contributed by atoms with Gasteiger partial charge in [-0.1, -0.05) is 12.8 Å². The van der Waals surface area contributed by atoms with Crippen LogP contribution < -0.4 is 19.7 Å². The Morgan fingerprint density at radius 1 is 1.10 bits per heavy atom. The molecule has 1 aromatic rings. The molecule has 0 aromatic heterocycles. The van der Waals surface area contributed by atoms with Gasteiger partial charge in [-0.2, -0.15) is 0 Å². The number of hydrogen-bond acceptors (Lipinski definition) is 4. The molecule has 1 aliphatic heterocycles. The summed E-state index contributed by atoms with van der Waals surface area (Å²) in [5.41, 5.74) is 1.46. The van der Waals surface area contributed by atoms with E-state index in [1.54, 1.807) is 14.2 Å². The predicted octanol–water partition coefficient (Wildman–Crippen LogP) is 2.82. The lowest BCUT2D eigenvalue weighted by molar-refractivity contribution is 0.352. The first kappa shape index (κ1) is 14.5. The second kappa shape index (κ2) is 6.14. The largest absolute Gasteiger partial charge is 0.497 e. The molecular weight excluding hydrogens is 264 g/mol. The molecule has 4 heteroatoms. The van der Waals surface area contributed by atoms with Crippen LogP contribution in [0.3, 0.4) is 0 Å². The Morgan fingerprint density at radius 3 is 2.62 bits per heavy atom. The zero-order valence-electron chi connectivity index (χ0n) is 13.2. The summed E-state index contributed by atoms with van der Waals surface area (Å²) in [7, 11) is 3.46. The van der Waals surface area contributed by atoms with Gasteiger partial charge in [0.05, 0.1) is 19.9 Å². The molecule has 2 aliphatic rings. The average Bonchev–Trinajstić information content (AvgIpc) is 2.87. The van der Waals surface area contributed by atoms with E-state index in [1.807, 2.05) is 12.1 Å². The van der Waals surface area contributed by atoms with Crippen molar-refractivity contribution in [2.45, 2.75) is 37.6 Å². The Bertz CT molecular complexity index is 484. The molecule has 1 aliphatic carbocycles. The molecule has 1 saturated carbocycles. The molecule has 1 N–H and O–H groups in total. The molecular formula is C17H26N2O2. The van der Waals surface area contributed by atoms with Crippen LogP contribution in [0.1, 0.15) is 32.1 Å². The van der Waals surface area contributed by atoms with E-state index in [2.05, 4.69) is 16.3 Å². The third-order valence-corrected chi connectivity index (χ3v) is 4.89. The van der Waals surface area contributed by atoms with Crippen LogP contribution in [0.5, 0.6) is 11.5 Å². The zero-order valence-corrected chi connectivity index (χ0v) is 13.2. The Labute approximate surface area is 127 Å². The summed E-state index contributed by atoms with van der Waals surface area (Å²) in [6.07, 6.45) is 6.43. The molecule has 0 atom stereocenters. The summed E-state index contributed by atoms with van der Waals surface area (Å²) in [5.74, 6) is 1.83. The van der Waals surface area contributed by atoms with Gasteiger partial charge in [0.1, 0.15) is 11.5 Å². The predicted molar refractivity (Wildman–Crippen MR) is 85.6 cm³/mol. The van der Waals surface area contributed by atoms with E-state index < -0.39 is 0 Å². The standard InChI is InChI=1S/C17H26N2O2/c1-20-14-6-7-16(21-2)15(12-14)19-11-5-10-18-17(13-19)8-3-4-9-17/h6-7,12,18H,3-5,8-11,13H2,1-2H3. The summed E-state index contributed by atoms with van der Waals surface area (Å²) in [5, 5.41) is 3.81. The second-order valence-electron chi connectivity index (χ2n) is 6.23. The molecule has 0 radical (unpaired) electrons. The van der Waals surface area contributed by atoms with E-state index in [-0.39, 0.29) is 0 Å². The smallest absolute Gasteiger partial charge is 0.142 e. The fraction of sp³-hybridized carbons (Fsp3) is 0.647. The van der Waals surface area contributed by atoms with Gasteiger partial charge in [-0.05, 0) is 37.9 Å². The first-order valence-electron chi connectivity index (χ1n) is 7.98. The van der Waals surface area contributed by atoms with Crippen molar-refractivity contribution in [1.29, 1.82) is 0 Å². The van der Waals surface area contributed by atoms with E-state index in [0.717, 1.165) is 36.8 Å². The highest BCUT2D eigenvalue weighted by atomic mass is 16.5. The minimum atomic E-state index is 0.296. The van der Waals surface area contributed by atoms with E-state index in [4.69, 9.17) is 9.47 Å². The number of methoxy groups -OCH3 is 2. The van der Waals surface area contributed by atoms with Crippen molar-refractivity contribution in [2.24, 2.45) is 0 Å². The van der Waals surface area contributed by atoms with Gasteiger partial charge < -0.3 is 19.7 Å². The fourth-order valence-corrected chi connectivity index (χ4v) is 3.76. The van der Waals surface area contributed by atoms with Crippen molar-refractivity contribution in [1.82, 2.24) is 5.32 Å². The third kappa shape index (κ3) is 2.95. The second-order valence-corrected chi connectivity index (χ2v) is 6.23. The summed E-state index contributed by atoms with van der Waals surface area (Å²) < 4.78 is 11.0. The molecule has 3 rings (SSSR count). The first-order valence-corrected chi connectivity index (χ1v) is 7.98. The summed E-state index contributed by atoms with van der Waals surface area (Å²) in [6, 6.07) is 6.07.